The van der Waals surface area contributed by atoms with Gasteiger partial charge in [-0.25, -0.2) is 0 Å². The molecule has 6 heteroatoms. The van der Waals surface area contributed by atoms with Crippen molar-refractivity contribution in [1.82, 2.24) is 4.90 Å². The van der Waals surface area contributed by atoms with Crippen molar-refractivity contribution in [2.24, 2.45) is 0 Å². The van der Waals surface area contributed by atoms with Crippen LogP contribution in [0.25, 0.3) is 0 Å². The molecule has 28 heavy (non-hydrogen) atoms. The zero-order valence-electron chi connectivity index (χ0n) is 16.4. The number of carbonyl (C=O) groups excluding carboxylic acids is 2. The maximum atomic E-state index is 12.7. The van der Waals surface area contributed by atoms with Crippen LogP contribution in [0.3, 0.4) is 0 Å². The molecule has 6 nitrogen and oxygen atoms in total. The first-order valence-electron chi connectivity index (χ1n) is 9.36. The van der Waals surface area contributed by atoms with Crippen LogP contribution in [-0.2, 0) is 20.7 Å². The van der Waals surface area contributed by atoms with Crippen molar-refractivity contribution < 1.29 is 23.8 Å². The molecule has 1 amide bonds. The summed E-state index contributed by atoms with van der Waals surface area (Å²) in [6.45, 7) is 2.79. The molecule has 0 unspecified atom stereocenters. The van der Waals surface area contributed by atoms with Crippen molar-refractivity contribution in [3.8, 4) is 11.5 Å². The first-order chi connectivity index (χ1) is 13.6. The minimum absolute atomic E-state index is 0.106. The molecule has 2 aromatic carbocycles. The van der Waals surface area contributed by atoms with E-state index in [4.69, 9.17) is 14.2 Å². The van der Waals surface area contributed by atoms with Crippen molar-refractivity contribution >= 4 is 11.9 Å². The lowest BCUT2D eigenvalue weighted by Crippen LogP contribution is -2.38. The second-order valence-corrected chi connectivity index (χ2v) is 6.14. The van der Waals surface area contributed by atoms with Crippen LogP contribution in [0.1, 0.15) is 18.9 Å². The summed E-state index contributed by atoms with van der Waals surface area (Å²) in [6, 6.07) is 17.0. The second-order valence-electron chi connectivity index (χ2n) is 6.14. The molecule has 0 heterocycles. The van der Waals surface area contributed by atoms with Gasteiger partial charge in [0, 0.05) is 19.2 Å². The minimum atomic E-state index is -0.311. The van der Waals surface area contributed by atoms with Gasteiger partial charge in [-0.3, -0.25) is 9.59 Å². The van der Waals surface area contributed by atoms with Gasteiger partial charge in [-0.15, -0.1) is 0 Å². The summed E-state index contributed by atoms with van der Waals surface area (Å²) >= 11 is 0. The lowest BCUT2D eigenvalue weighted by atomic mass is 10.1. The number of hydrogen-bond acceptors (Lipinski definition) is 5. The number of nitrogens with zero attached hydrogens (tertiary/aromatic N) is 1. The molecule has 0 saturated heterocycles. The molecule has 0 spiro atoms. The molecule has 0 radical (unpaired) electrons. The Morgan fingerprint density at radius 1 is 0.964 bits per heavy atom. The highest BCUT2D eigenvalue weighted by atomic mass is 16.5. The SMILES string of the molecule is CCOC(=O)CCN(CCc1ccccc1)C(=O)COc1cccc(OC)c1. The highest BCUT2D eigenvalue weighted by Gasteiger charge is 2.16. The van der Waals surface area contributed by atoms with Gasteiger partial charge in [0.15, 0.2) is 6.61 Å². The minimum Gasteiger partial charge on any atom is -0.497 e. The van der Waals surface area contributed by atoms with E-state index in [1.165, 1.54) is 0 Å². The van der Waals surface area contributed by atoms with Crippen molar-refractivity contribution in [2.45, 2.75) is 19.8 Å². The first-order valence-corrected chi connectivity index (χ1v) is 9.36. The summed E-state index contributed by atoms with van der Waals surface area (Å²) in [5, 5.41) is 0. The van der Waals surface area contributed by atoms with Gasteiger partial charge in [0.2, 0.25) is 0 Å². The Kier molecular flexibility index (Phi) is 8.85. The van der Waals surface area contributed by atoms with Crippen LogP contribution < -0.4 is 9.47 Å². The average molecular weight is 385 g/mol. The second kappa shape index (κ2) is 11.6. The molecule has 0 N–H and O–H groups in total. The topological polar surface area (TPSA) is 65.1 Å². The number of ether oxygens (including phenoxy) is 3. The molecule has 2 aromatic rings. The predicted octanol–water partition coefficient (Wildman–Crippen LogP) is 3.10. The number of amides is 1. The lowest BCUT2D eigenvalue weighted by Gasteiger charge is -2.22. The van der Waals surface area contributed by atoms with Crippen molar-refractivity contribution in [3.63, 3.8) is 0 Å². The van der Waals surface area contributed by atoms with Gasteiger partial charge in [0.25, 0.3) is 5.91 Å². The molecular formula is C22H27NO5. The van der Waals surface area contributed by atoms with Gasteiger partial charge in [0.05, 0.1) is 20.1 Å². The van der Waals surface area contributed by atoms with E-state index in [-0.39, 0.29) is 24.9 Å². The summed E-state index contributed by atoms with van der Waals surface area (Å²) in [6.07, 6.45) is 0.863. The zero-order chi connectivity index (χ0) is 20.2. The molecule has 0 aromatic heterocycles. The van der Waals surface area contributed by atoms with Crippen LogP contribution in [-0.4, -0.2) is 50.2 Å². The van der Waals surface area contributed by atoms with Crippen LogP contribution in [0.15, 0.2) is 54.6 Å². The summed E-state index contributed by atoms with van der Waals surface area (Å²) in [5.41, 5.74) is 1.13. The van der Waals surface area contributed by atoms with Gasteiger partial charge < -0.3 is 19.1 Å². The number of hydrogen-bond donors (Lipinski definition) is 0. The van der Waals surface area contributed by atoms with E-state index < -0.39 is 0 Å². The summed E-state index contributed by atoms with van der Waals surface area (Å²) in [5.74, 6) is 0.728. The first kappa shape index (κ1) is 21.3. The zero-order valence-corrected chi connectivity index (χ0v) is 16.4. The normalized spacial score (nSPS) is 10.2. The van der Waals surface area contributed by atoms with E-state index in [0.29, 0.717) is 37.6 Å². The number of rotatable bonds is 11. The molecule has 0 fully saturated rings. The Labute approximate surface area is 166 Å². The number of esters is 1. The molecule has 0 aliphatic rings. The summed E-state index contributed by atoms with van der Waals surface area (Å²) in [7, 11) is 1.57. The van der Waals surface area contributed by atoms with Crippen molar-refractivity contribution in [3.05, 3.63) is 60.2 Å². The maximum absolute atomic E-state index is 12.7. The summed E-state index contributed by atoms with van der Waals surface area (Å²) in [4.78, 5) is 26.0. The predicted molar refractivity (Wildman–Crippen MR) is 106 cm³/mol. The van der Waals surface area contributed by atoms with Crippen LogP contribution >= 0.6 is 0 Å². The quantitative estimate of drug-likeness (QED) is 0.556. The van der Waals surface area contributed by atoms with Crippen LogP contribution in [0.5, 0.6) is 11.5 Å². The molecule has 150 valence electrons. The van der Waals surface area contributed by atoms with Crippen molar-refractivity contribution in [1.29, 1.82) is 0 Å². The lowest BCUT2D eigenvalue weighted by molar-refractivity contribution is -0.144. The van der Waals surface area contributed by atoms with E-state index in [9.17, 15) is 9.59 Å². The maximum Gasteiger partial charge on any atom is 0.307 e. The fourth-order valence-electron chi connectivity index (χ4n) is 2.66. The van der Waals surface area contributed by atoms with E-state index in [0.717, 1.165) is 5.56 Å². The van der Waals surface area contributed by atoms with E-state index in [1.807, 2.05) is 30.3 Å². The van der Waals surface area contributed by atoms with Gasteiger partial charge in [-0.05, 0) is 31.0 Å². The highest BCUT2D eigenvalue weighted by Crippen LogP contribution is 2.18. The molecular weight excluding hydrogens is 358 g/mol. The Balaban J connectivity index is 1.94. The fraction of sp³-hybridized carbons (Fsp3) is 0.364. The standard InChI is InChI=1S/C22H27NO5/c1-3-27-22(25)13-15-23(14-12-18-8-5-4-6-9-18)21(24)17-28-20-11-7-10-19(16-20)26-2/h4-11,16H,3,12-15,17H2,1-2H3. The van der Waals surface area contributed by atoms with Crippen molar-refractivity contribution in [2.75, 3.05) is 33.4 Å². The Morgan fingerprint density at radius 2 is 1.71 bits per heavy atom. The van der Waals surface area contributed by atoms with Gasteiger partial charge in [-0.2, -0.15) is 0 Å². The highest BCUT2D eigenvalue weighted by molar-refractivity contribution is 5.78. The molecule has 0 aliphatic carbocycles. The van der Waals surface area contributed by atoms with Gasteiger partial charge in [0.1, 0.15) is 11.5 Å². The molecule has 0 atom stereocenters. The van der Waals surface area contributed by atoms with E-state index in [1.54, 1.807) is 43.2 Å². The third kappa shape index (κ3) is 7.31. The molecule has 0 saturated carbocycles. The summed E-state index contributed by atoms with van der Waals surface area (Å²) < 4.78 is 15.7. The Bertz CT molecular complexity index is 748. The molecule has 0 bridgehead atoms. The molecule has 0 aliphatic heterocycles. The van der Waals surface area contributed by atoms with Crippen LogP contribution in [0.2, 0.25) is 0 Å². The molecule has 2 rings (SSSR count). The number of benzene rings is 2. The van der Waals surface area contributed by atoms with Crippen LogP contribution in [0.4, 0.5) is 0 Å². The van der Waals surface area contributed by atoms with E-state index in [2.05, 4.69) is 0 Å². The largest absolute Gasteiger partial charge is 0.497 e. The monoisotopic (exact) mass is 385 g/mol. The van der Waals surface area contributed by atoms with Crippen LogP contribution in [0, 0.1) is 0 Å². The fourth-order valence-corrected chi connectivity index (χ4v) is 2.66. The smallest absolute Gasteiger partial charge is 0.307 e. The number of carbonyl (C=O) groups is 2. The number of methoxy groups -OCH3 is 1. The Hall–Kier alpha value is -3.02. The van der Waals surface area contributed by atoms with Gasteiger partial charge in [-0.1, -0.05) is 36.4 Å². The van der Waals surface area contributed by atoms with Gasteiger partial charge >= 0.3 is 5.97 Å². The third-order valence-electron chi connectivity index (χ3n) is 4.16. The average Bonchev–Trinajstić information content (AvgIpc) is 2.73. The van der Waals surface area contributed by atoms with E-state index >= 15 is 0 Å². The third-order valence-corrected chi connectivity index (χ3v) is 4.16. The Morgan fingerprint density at radius 3 is 2.43 bits per heavy atom.